The molecule has 2 atom stereocenters. The fraction of sp³-hybridized carbons (Fsp3) is 0.562. The zero-order chi connectivity index (χ0) is 14.5. The lowest BCUT2D eigenvalue weighted by atomic mass is 9.86. The van der Waals surface area contributed by atoms with E-state index in [9.17, 15) is 9.50 Å². The Morgan fingerprint density at radius 1 is 1.40 bits per heavy atom. The molecule has 0 saturated heterocycles. The van der Waals surface area contributed by atoms with Crippen molar-refractivity contribution in [2.24, 2.45) is 5.92 Å². The highest BCUT2D eigenvalue weighted by molar-refractivity contribution is 5.34. The maximum atomic E-state index is 13.3. The molecular weight excluding hydrogens is 255 g/mol. The first-order valence-electron chi connectivity index (χ1n) is 7.15. The van der Waals surface area contributed by atoms with Crippen LogP contribution < -0.4 is 0 Å². The molecule has 108 valence electrons. The van der Waals surface area contributed by atoms with Gasteiger partial charge in [-0.1, -0.05) is 18.9 Å². The van der Waals surface area contributed by atoms with Gasteiger partial charge in [0.15, 0.2) is 0 Å². The first-order chi connectivity index (χ1) is 9.60. The molecule has 1 aliphatic carbocycles. The Labute approximate surface area is 119 Å². The van der Waals surface area contributed by atoms with Crippen molar-refractivity contribution >= 4 is 0 Å². The summed E-state index contributed by atoms with van der Waals surface area (Å²) in [5, 5.41) is 18.8. The molecule has 1 saturated carbocycles. The van der Waals surface area contributed by atoms with Gasteiger partial charge in [-0.3, -0.25) is 0 Å². The van der Waals surface area contributed by atoms with Gasteiger partial charge in [-0.2, -0.15) is 5.26 Å². The molecule has 0 radical (unpaired) electrons. The van der Waals surface area contributed by atoms with Crippen LogP contribution in [-0.4, -0.2) is 29.7 Å². The number of halogens is 1. The van der Waals surface area contributed by atoms with Gasteiger partial charge in [0.2, 0.25) is 0 Å². The van der Waals surface area contributed by atoms with Gasteiger partial charge < -0.3 is 10.0 Å². The molecule has 1 N–H and O–H groups in total. The zero-order valence-electron chi connectivity index (χ0n) is 11.8. The van der Waals surface area contributed by atoms with Crippen molar-refractivity contribution in [3.63, 3.8) is 0 Å². The first-order valence-corrected chi connectivity index (χ1v) is 7.15. The van der Waals surface area contributed by atoms with Crippen molar-refractivity contribution < 1.29 is 9.50 Å². The third-order valence-electron chi connectivity index (χ3n) is 4.02. The normalized spacial score (nSPS) is 22.8. The average Bonchev–Trinajstić information content (AvgIpc) is 2.43. The molecule has 0 aliphatic heterocycles. The summed E-state index contributed by atoms with van der Waals surface area (Å²) in [6.07, 6.45) is 4.07. The molecule has 4 heteroatoms. The van der Waals surface area contributed by atoms with Crippen LogP contribution in [0.2, 0.25) is 0 Å². The number of benzene rings is 1. The summed E-state index contributed by atoms with van der Waals surface area (Å²) < 4.78 is 13.3. The zero-order valence-corrected chi connectivity index (χ0v) is 11.8. The van der Waals surface area contributed by atoms with Crippen molar-refractivity contribution in [1.29, 1.82) is 5.26 Å². The Kier molecular flexibility index (Phi) is 5.11. The summed E-state index contributed by atoms with van der Waals surface area (Å²) in [5.74, 6) is -0.147. The fourth-order valence-corrected chi connectivity index (χ4v) is 2.93. The molecule has 1 aromatic rings. The minimum atomic E-state index is -0.471. The maximum Gasteiger partial charge on any atom is 0.140 e. The van der Waals surface area contributed by atoms with Crippen LogP contribution in [0.1, 0.15) is 36.8 Å². The Bertz CT molecular complexity index is 498. The number of hydrogen-bond donors (Lipinski definition) is 1. The van der Waals surface area contributed by atoms with Gasteiger partial charge in [0.05, 0.1) is 11.7 Å². The standard InChI is InChI=1S/C16H21FN2O/c1-19(11-13-4-2-3-5-16(13)20)10-12-6-7-15(17)14(8-12)9-18/h6-8,13,16,20H,2-5,10-11H2,1H3. The first kappa shape index (κ1) is 15.0. The summed E-state index contributed by atoms with van der Waals surface area (Å²) >= 11 is 0. The highest BCUT2D eigenvalue weighted by Gasteiger charge is 2.24. The molecule has 3 nitrogen and oxygen atoms in total. The predicted molar refractivity (Wildman–Crippen MR) is 75.4 cm³/mol. The highest BCUT2D eigenvalue weighted by Crippen LogP contribution is 2.25. The lowest BCUT2D eigenvalue weighted by Crippen LogP contribution is -2.34. The third-order valence-corrected chi connectivity index (χ3v) is 4.02. The lowest BCUT2D eigenvalue weighted by molar-refractivity contribution is 0.0502. The smallest absolute Gasteiger partial charge is 0.140 e. The molecule has 2 unspecified atom stereocenters. The van der Waals surface area contributed by atoms with Gasteiger partial charge in [-0.05, 0) is 43.5 Å². The molecule has 1 fully saturated rings. The second-order valence-electron chi connectivity index (χ2n) is 5.73. The van der Waals surface area contributed by atoms with E-state index in [2.05, 4.69) is 4.90 Å². The topological polar surface area (TPSA) is 47.3 Å². The van der Waals surface area contributed by atoms with E-state index >= 15 is 0 Å². The summed E-state index contributed by atoms with van der Waals surface area (Å²) in [6, 6.07) is 6.52. The van der Waals surface area contributed by atoms with Gasteiger partial charge in [0.1, 0.15) is 11.9 Å². The number of aliphatic hydroxyl groups excluding tert-OH is 1. The molecule has 0 aromatic heterocycles. The van der Waals surface area contributed by atoms with Crippen molar-refractivity contribution in [2.75, 3.05) is 13.6 Å². The van der Waals surface area contributed by atoms with E-state index in [4.69, 9.17) is 5.26 Å². The molecule has 0 bridgehead atoms. The highest BCUT2D eigenvalue weighted by atomic mass is 19.1. The van der Waals surface area contributed by atoms with Gasteiger partial charge >= 0.3 is 0 Å². The Hall–Kier alpha value is -1.44. The average molecular weight is 276 g/mol. The van der Waals surface area contributed by atoms with Crippen LogP contribution in [-0.2, 0) is 6.54 Å². The monoisotopic (exact) mass is 276 g/mol. The predicted octanol–water partition coefficient (Wildman–Crippen LogP) is 2.68. The second-order valence-corrected chi connectivity index (χ2v) is 5.73. The summed E-state index contributed by atoms with van der Waals surface area (Å²) in [7, 11) is 2.00. The van der Waals surface area contributed by atoms with Crippen molar-refractivity contribution in [1.82, 2.24) is 4.90 Å². The maximum absolute atomic E-state index is 13.3. The third kappa shape index (κ3) is 3.78. The van der Waals surface area contributed by atoms with Crippen molar-refractivity contribution in [3.8, 4) is 6.07 Å². The van der Waals surface area contributed by atoms with Gasteiger partial charge in [-0.15, -0.1) is 0 Å². The number of rotatable bonds is 4. The minimum Gasteiger partial charge on any atom is -0.393 e. The summed E-state index contributed by atoms with van der Waals surface area (Å²) in [5.41, 5.74) is 1.02. The Morgan fingerprint density at radius 2 is 2.15 bits per heavy atom. The minimum absolute atomic E-state index is 0.0913. The quantitative estimate of drug-likeness (QED) is 0.919. The van der Waals surface area contributed by atoms with Crippen LogP contribution in [0.4, 0.5) is 4.39 Å². The van der Waals surface area contributed by atoms with Crippen molar-refractivity contribution in [3.05, 3.63) is 35.1 Å². The van der Waals surface area contributed by atoms with Crippen LogP contribution in [0.15, 0.2) is 18.2 Å². The number of nitriles is 1. The molecule has 1 aromatic carbocycles. The van der Waals surface area contributed by atoms with Gasteiger partial charge in [0.25, 0.3) is 0 Å². The van der Waals surface area contributed by atoms with E-state index in [0.29, 0.717) is 12.5 Å². The number of nitrogens with zero attached hydrogens (tertiary/aromatic N) is 2. The van der Waals surface area contributed by atoms with E-state index in [1.165, 1.54) is 12.5 Å². The largest absolute Gasteiger partial charge is 0.393 e. The van der Waals surface area contributed by atoms with Gasteiger partial charge in [-0.25, -0.2) is 4.39 Å². The van der Waals surface area contributed by atoms with E-state index < -0.39 is 5.82 Å². The molecule has 2 rings (SSSR count). The molecule has 0 amide bonds. The Balaban J connectivity index is 1.94. The second kappa shape index (κ2) is 6.83. The molecule has 1 aliphatic rings. The summed E-state index contributed by atoms with van der Waals surface area (Å²) in [6.45, 7) is 1.50. The fourth-order valence-electron chi connectivity index (χ4n) is 2.93. The molecule has 0 spiro atoms. The van der Waals surface area contributed by atoms with Crippen LogP contribution in [0.3, 0.4) is 0 Å². The SMILES string of the molecule is CN(Cc1ccc(F)c(C#N)c1)CC1CCCCC1O. The number of aliphatic hydroxyl groups is 1. The molecular formula is C16H21FN2O. The van der Waals surface area contributed by atoms with E-state index in [1.54, 1.807) is 12.1 Å². The number of hydrogen-bond acceptors (Lipinski definition) is 3. The van der Waals surface area contributed by atoms with Crippen LogP contribution in [0.5, 0.6) is 0 Å². The lowest BCUT2D eigenvalue weighted by Gasteiger charge is -2.31. The van der Waals surface area contributed by atoms with E-state index in [0.717, 1.165) is 31.4 Å². The van der Waals surface area contributed by atoms with Crippen molar-refractivity contribution in [2.45, 2.75) is 38.3 Å². The Morgan fingerprint density at radius 3 is 2.85 bits per heavy atom. The van der Waals surface area contributed by atoms with Crippen LogP contribution in [0.25, 0.3) is 0 Å². The van der Waals surface area contributed by atoms with Crippen LogP contribution >= 0.6 is 0 Å². The van der Waals surface area contributed by atoms with Gasteiger partial charge in [0, 0.05) is 13.1 Å². The van der Waals surface area contributed by atoms with Crippen LogP contribution in [0, 0.1) is 23.1 Å². The summed E-state index contributed by atoms with van der Waals surface area (Å²) in [4.78, 5) is 2.13. The van der Waals surface area contributed by atoms with E-state index in [-0.39, 0.29) is 11.7 Å². The van der Waals surface area contributed by atoms with E-state index in [1.807, 2.05) is 13.1 Å². The molecule has 20 heavy (non-hydrogen) atoms. The molecule has 0 heterocycles.